The second-order valence-electron chi connectivity index (χ2n) is 10.7. The predicted octanol–water partition coefficient (Wildman–Crippen LogP) is 7.90. The first kappa shape index (κ1) is 31.2. The minimum absolute atomic E-state index is 0.00321. The van der Waals surface area contributed by atoms with Gasteiger partial charge in [0.1, 0.15) is 6.10 Å². The Morgan fingerprint density at radius 1 is 0.818 bits per heavy atom. The second-order valence-corrected chi connectivity index (χ2v) is 12.6. The number of aliphatic hydroxyl groups is 1. The van der Waals surface area contributed by atoms with Crippen LogP contribution in [0.3, 0.4) is 0 Å². The topological polar surface area (TPSA) is 47.9 Å². The van der Waals surface area contributed by atoms with Gasteiger partial charge in [-0.3, -0.25) is 0 Å². The third-order valence-corrected chi connectivity index (χ3v) is 7.57. The molecule has 1 saturated heterocycles. The zero-order valence-corrected chi connectivity index (χ0v) is 23.1. The monoisotopic (exact) mass is 488 g/mol. The Hall–Kier alpha value is 0.190. The summed E-state index contributed by atoms with van der Waals surface area (Å²) >= 11 is 2.11. The lowest BCUT2D eigenvalue weighted by molar-refractivity contribution is -0.204. The number of hydrogen-bond donors (Lipinski definition) is 1. The molecule has 0 saturated carbocycles. The molecule has 4 nitrogen and oxygen atoms in total. The van der Waals surface area contributed by atoms with E-state index in [9.17, 15) is 5.11 Å². The number of thioether (sulfide) groups is 1. The van der Waals surface area contributed by atoms with Gasteiger partial charge >= 0.3 is 0 Å². The van der Waals surface area contributed by atoms with Crippen LogP contribution in [0, 0.1) is 0 Å². The van der Waals surface area contributed by atoms with E-state index in [1.54, 1.807) is 0 Å². The van der Waals surface area contributed by atoms with Crippen LogP contribution in [0.15, 0.2) is 0 Å². The van der Waals surface area contributed by atoms with Gasteiger partial charge in [-0.1, -0.05) is 97.8 Å². The van der Waals surface area contributed by atoms with Gasteiger partial charge in [-0.25, -0.2) is 0 Å². The Morgan fingerprint density at radius 3 is 1.85 bits per heavy atom. The molecular weight excluding hydrogens is 432 g/mol. The van der Waals surface area contributed by atoms with Gasteiger partial charge in [-0.05, 0) is 37.9 Å². The molecule has 1 heterocycles. The molecule has 0 spiro atoms. The highest BCUT2D eigenvalue weighted by atomic mass is 32.2. The van der Waals surface area contributed by atoms with Gasteiger partial charge in [-0.15, -0.1) is 0 Å². The van der Waals surface area contributed by atoms with Gasteiger partial charge in [-0.2, -0.15) is 11.8 Å². The summed E-state index contributed by atoms with van der Waals surface area (Å²) in [5.41, 5.74) is 0. The van der Waals surface area contributed by atoms with Crippen LogP contribution in [0.2, 0.25) is 0 Å². The molecule has 1 aliphatic heterocycles. The molecule has 0 amide bonds. The molecule has 0 aromatic carbocycles. The molecule has 0 aromatic heterocycles. The summed E-state index contributed by atoms with van der Waals surface area (Å²) in [5, 5.41) is 9.46. The summed E-state index contributed by atoms with van der Waals surface area (Å²) in [7, 11) is 0. The molecule has 1 unspecified atom stereocenters. The Morgan fingerprint density at radius 2 is 1.36 bits per heavy atom. The number of ether oxygens (including phenoxy) is 3. The highest BCUT2D eigenvalue weighted by Crippen LogP contribution is 2.24. The summed E-state index contributed by atoms with van der Waals surface area (Å²) in [6.07, 6.45) is 21.9. The summed E-state index contributed by atoms with van der Waals surface area (Å²) in [6, 6.07) is 0. The largest absolute Gasteiger partial charge is 0.394 e. The van der Waals surface area contributed by atoms with Crippen molar-refractivity contribution in [3.63, 3.8) is 0 Å². The molecule has 1 N–H and O–H groups in total. The summed E-state index contributed by atoms with van der Waals surface area (Å²) < 4.78 is 17.5. The maximum Gasteiger partial charge on any atom is 0.158 e. The fourth-order valence-electron chi connectivity index (χ4n) is 4.19. The van der Waals surface area contributed by atoms with E-state index in [0.717, 1.165) is 38.9 Å². The Labute approximate surface area is 210 Å². The maximum atomic E-state index is 9.46. The highest BCUT2D eigenvalue weighted by molar-refractivity contribution is 8.00. The molecule has 2 atom stereocenters. The normalized spacial score (nSPS) is 18.0. The van der Waals surface area contributed by atoms with Crippen LogP contribution in [-0.4, -0.2) is 54.4 Å². The maximum absolute atomic E-state index is 9.46. The van der Waals surface area contributed by atoms with Gasteiger partial charge in [0.05, 0.1) is 13.2 Å². The highest BCUT2D eigenvalue weighted by Gasteiger charge is 2.19. The lowest BCUT2D eigenvalue weighted by Crippen LogP contribution is -2.33. The molecule has 33 heavy (non-hydrogen) atoms. The van der Waals surface area contributed by atoms with E-state index < -0.39 is 0 Å². The number of unbranched alkanes of at least 4 members (excludes halogenated alkanes) is 13. The van der Waals surface area contributed by atoms with E-state index in [1.165, 1.54) is 89.2 Å². The smallest absolute Gasteiger partial charge is 0.158 e. The lowest BCUT2D eigenvalue weighted by atomic mass is 10.0. The number of aliphatic hydroxyl groups excluding tert-OH is 1. The molecule has 1 aliphatic rings. The first-order valence-corrected chi connectivity index (χ1v) is 15.1. The van der Waals surface area contributed by atoms with Crippen molar-refractivity contribution in [1.82, 2.24) is 0 Å². The Balaban J connectivity index is 1.74. The number of rotatable bonds is 22. The van der Waals surface area contributed by atoms with Crippen LogP contribution in [0.4, 0.5) is 0 Å². The fourth-order valence-corrected chi connectivity index (χ4v) is 5.15. The first-order chi connectivity index (χ1) is 16.0. The minimum Gasteiger partial charge on any atom is -0.394 e. The molecule has 1 fully saturated rings. The second kappa shape index (κ2) is 21.5. The quantitative estimate of drug-likeness (QED) is 0.157. The van der Waals surface area contributed by atoms with Gasteiger partial charge < -0.3 is 19.3 Å². The zero-order chi connectivity index (χ0) is 24.0. The van der Waals surface area contributed by atoms with Gasteiger partial charge in [0, 0.05) is 18.0 Å². The van der Waals surface area contributed by atoms with E-state index in [2.05, 4.69) is 32.5 Å². The van der Waals surface area contributed by atoms with Crippen LogP contribution in [0.5, 0.6) is 0 Å². The SMILES string of the molecule is CC(C)(C)SCCCCCCCCCCCCCCCCOC[C@H](CO)OC1CCCCO1. The van der Waals surface area contributed by atoms with Crippen LogP contribution in [-0.2, 0) is 14.2 Å². The Bertz CT molecular complexity index is 407. The zero-order valence-electron chi connectivity index (χ0n) is 22.3. The van der Waals surface area contributed by atoms with E-state index in [1.807, 2.05) is 0 Å². The first-order valence-electron chi connectivity index (χ1n) is 14.1. The van der Waals surface area contributed by atoms with Crippen molar-refractivity contribution in [1.29, 1.82) is 0 Å². The number of hydrogen-bond acceptors (Lipinski definition) is 5. The van der Waals surface area contributed by atoms with Crippen molar-refractivity contribution in [2.75, 3.05) is 32.2 Å². The fraction of sp³-hybridized carbons (Fsp3) is 1.00. The summed E-state index contributed by atoms with van der Waals surface area (Å²) in [6.45, 7) is 8.93. The van der Waals surface area contributed by atoms with Crippen LogP contribution in [0.25, 0.3) is 0 Å². The average molecular weight is 489 g/mol. The van der Waals surface area contributed by atoms with Crippen molar-refractivity contribution < 1.29 is 19.3 Å². The molecule has 198 valence electrons. The predicted molar refractivity (Wildman–Crippen MR) is 143 cm³/mol. The van der Waals surface area contributed by atoms with Crippen molar-refractivity contribution in [3.05, 3.63) is 0 Å². The van der Waals surface area contributed by atoms with Crippen LogP contribution in [0.1, 0.15) is 130 Å². The van der Waals surface area contributed by atoms with Gasteiger partial charge in [0.25, 0.3) is 0 Å². The van der Waals surface area contributed by atoms with Crippen molar-refractivity contribution in [3.8, 4) is 0 Å². The Kier molecular flexibility index (Phi) is 20.3. The van der Waals surface area contributed by atoms with Crippen LogP contribution < -0.4 is 0 Å². The minimum atomic E-state index is -0.259. The van der Waals surface area contributed by atoms with Crippen molar-refractivity contribution in [2.24, 2.45) is 0 Å². The third-order valence-electron chi connectivity index (χ3n) is 6.21. The van der Waals surface area contributed by atoms with Gasteiger partial charge in [0.2, 0.25) is 0 Å². The standard InChI is InChI=1S/C28H56O4S/c1-28(2,3)33-23-19-15-13-11-9-7-5-4-6-8-10-12-14-17-21-30-25-26(24-29)32-27-20-16-18-22-31-27/h26-27,29H,4-25H2,1-3H3/t26-,27?/m0/s1. The molecule has 5 heteroatoms. The van der Waals surface area contributed by atoms with Crippen molar-refractivity contribution in [2.45, 2.75) is 147 Å². The van der Waals surface area contributed by atoms with E-state index in [-0.39, 0.29) is 19.0 Å². The van der Waals surface area contributed by atoms with Gasteiger partial charge in [0.15, 0.2) is 6.29 Å². The lowest BCUT2D eigenvalue weighted by Gasteiger charge is -2.26. The summed E-state index contributed by atoms with van der Waals surface area (Å²) in [5.74, 6) is 1.33. The van der Waals surface area contributed by atoms with E-state index in [0.29, 0.717) is 11.4 Å². The van der Waals surface area contributed by atoms with Crippen molar-refractivity contribution >= 4 is 11.8 Å². The van der Waals surface area contributed by atoms with E-state index >= 15 is 0 Å². The average Bonchev–Trinajstić information content (AvgIpc) is 2.79. The molecule has 1 rings (SSSR count). The van der Waals surface area contributed by atoms with Crippen LogP contribution >= 0.6 is 11.8 Å². The molecule has 0 bridgehead atoms. The molecule has 0 aliphatic carbocycles. The molecular formula is C28H56O4S. The molecule has 0 aromatic rings. The van der Waals surface area contributed by atoms with E-state index in [4.69, 9.17) is 14.2 Å². The third kappa shape index (κ3) is 21.2. The summed E-state index contributed by atoms with van der Waals surface area (Å²) in [4.78, 5) is 0. The molecule has 0 radical (unpaired) electrons.